The Labute approximate surface area is 98.2 Å². The lowest BCUT2D eigenvalue weighted by molar-refractivity contribution is 0.0954. The summed E-state index contributed by atoms with van der Waals surface area (Å²) in [6, 6.07) is 7.63. The van der Waals surface area contributed by atoms with Crippen molar-refractivity contribution in [3.63, 3.8) is 0 Å². The molecule has 0 saturated carbocycles. The first-order chi connectivity index (χ1) is 6.74. The third kappa shape index (κ3) is 3.65. The van der Waals surface area contributed by atoms with E-state index in [4.69, 9.17) is 0 Å². The van der Waals surface area contributed by atoms with Gasteiger partial charge in [0, 0.05) is 16.5 Å². The van der Waals surface area contributed by atoms with Crippen molar-refractivity contribution < 1.29 is 4.79 Å². The molecule has 76 valence electrons. The first kappa shape index (κ1) is 11.5. The summed E-state index contributed by atoms with van der Waals surface area (Å²) in [7, 11) is 0. The highest BCUT2D eigenvalue weighted by atomic mass is 127. The number of amides is 1. The number of benzene rings is 1. The monoisotopic (exact) mass is 303 g/mol. The molecule has 1 aromatic carbocycles. The number of hydrogen-bond donors (Lipinski definition) is 1. The maximum Gasteiger partial charge on any atom is 0.251 e. The van der Waals surface area contributed by atoms with Crippen LogP contribution in [0.25, 0.3) is 0 Å². The highest BCUT2D eigenvalue weighted by molar-refractivity contribution is 14.1. The lowest BCUT2D eigenvalue weighted by atomic mass is 10.1. The minimum atomic E-state index is 0.0264. The number of carbonyl (C=O) groups is 1. The molecule has 0 aliphatic rings. The summed E-state index contributed by atoms with van der Waals surface area (Å²) in [5, 5.41) is 2.88. The second-order valence-electron chi connectivity index (χ2n) is 3.17. The molecule has 0 heterocycles. The first-order valence-corrected chi connectivity index (χ1v) is 6.17. The molecule has 3 heteroatoms. The summed E-state index contributed by atoms with van der Waals surface area (Å²) >= 11 is 2.30. The van der Waals surface area contributed by atoms with Crippen molar-refractivity contribution >= 4 is 28.5 Å². The Morgan fingerprint density at radius 2 is 2.29 bits per heavy atom. The van der Waals surface area contributed by atoms with Gasteiger partial charge in [0.1, 0.15) is 0 Å². The quantitative estimate of drug-likeness (QED) is 0.517. The Morgan fingerprint density at radius 1 is 1.50 bits per heavy atom. The van der Waals surface area contributed by atoms with Gasteiger partial charge < -0.3 is 5.32 Å². The average Bonchev–Trinajstić information content (AvgIpc) is 2.18. The molecule has 0 unspecified atom stereocenters. The van der Waals surface area contributed by atoms with Gasteiger partial charge in [0.05, 0.1) is 0 Å². The van der Waals surface area contributed by atoms with Crippen molar-refractivity contribution in [1.29, 1.82) is 0 Å². The minimum Gasteiger partial charge on any atom is -0.352 e. The van der Waals surface area contributed by atoms with Crippen molar-refractivity contribution in [3.8, 4) is 0 Å². The molecule has 14 heavy (non-hydrogen) atoms. The second kappa shape index (κ2) is 6.01. The number of rotatable bonds is 4. The number of aryl methyl sites for hydroxylation is 1. The van der Waals surface area contributed by atoms with Crippen LogP contribution in [0.5, 0.6) is 0 Å². The molecular formula is C11H14INO. The van der Waals surface area contributed by atoms with Crippen LogP contribution in [0.3, 0.4) is 0 Å². The third-order valence-corrected chi connectivity index (χ3v) is 2.64. The Bertz CT molecular complexity index is 312. The molecule has 0 aliphatic carbocycles. The van der Waals surface area contributed by atoms with Crippen LogP contribution in [-0.4, -0.2) is 16.9 Å². The van der Waals surface area contributed by atoms with E-state index in [0.717, 1.165) is 28.5 Å². The van der Waals surface area contributed by atoms with E-state index < -0.39 is 0 Å². The molecule has 0 fully saturated rings. The van der Waals surface area contributed by atoms with Crippen LogP contribution < -0.4 is 5.32 Å². The normalized spacial score (nSPS) is 9.86. The Kier molecular flexibility index (Phi) is 4.93. The lowest BCUT2D eigenvalue weighted by Crippen LogP contribution is -2.24. The zero-order valence-electron chi connectivity index (χ0n) is 8.22. The average molecular weight is 303 g/mol. The lowest BCUT2D eigenvalue weighted by Gasteiger charge is -2.04. The fourth-order valence-electron chi connectivity index (χ4n) is 1.16. The summed E-state index contributed by atoms with van der Waals surface area (Å²) in [5.41, 5.74) is 1.87. The predicted octanol–water partition coefficient (Wildman–Crippen LogP) is 2.55. The molecule has 1 N–H and O–H groups in total. The van der Waals surface area contributed by atoms with Gasteiger partial charge in [-0.05, 0) is 25.5 Å². The molecule has 0 atom stereocenters. The second-order valence-corrected chi connectivity index (χ2v) is 4.25. The van der Waals surface area contributed by atoms with Crippen LogP contribution in [0.1, 0.15) is 22.3 Å². The molecule has 0 spiro atoms. The SMILES string of the molecule is Cc1cccc(C(=O)NCCCI)c1. The van der Waals surface area contributed by atoms with Gasteiger partial charge in [0.2, 0.25) is 0 Å². The van der Waals surface area contributed by atoms with Crippen LogP contribution >= 0.6 is 22.6 Å². The van der Waals surface area contributed by atoms with Crippen LogP contribution in [-0.2, 0) is 0 Å². The van der Waals surface area contributed by atoms with Gasteiger partial charge in [0.15, 0.2) is 0 Å². The number of alkyl halides is 1. The molecular weight excluding hydrogens is 289 g/mol. The zero-order chi connectivity index (χ0) is 10.4. The van der Waals surface area contributed by atoms with Gasteiger partial charge >= 0.3 is 0 Å². The first-order valence-electron chi connectivity index (χ1n) is 4.65. The van der Waals surface area contributed by atoms with Crippen molar-refractivity contribution in [2.45, 2.75) is 13.3 Å². The van der Waals surface area contributed by atoms with E-state index in [2.05, 4.69) is 27.9 Å². The van der Waals surface area contributed by atoms with Crippen LogP contribution in [0.2, 0.25) is 0 Å². The van der Waals surface area contributed by atoms with Gasteiger partial charge in [-0.3, -0.25) is 4.79 Å². The number of hydrogen-bond acceptors (Lipinski definition) is 1. The van der Waals surface area contributed by atoms with E-state index >= 15 is 0 Å². The van der Waals surface area contributed by atoms with Gasteiger partial charge in [0.25, 0.3) is 5.91 Å². The fourth-order valence-corrected chi connectivity index (χ4v) is 1.54. The molecule has 0 saturated heterocycles. The highest BCUT2D eigenvalue weighted by Crippen LogP contribution is 2.03. The molecule has 1 rings (SSSR count). The standard InChI is InChI=1S/C11H14INO/c1-9-4-2-5-10(8-9)11(14)13-7-3-6-12/h2,4-5,8H,3,6-7H2,1H3,(H,13,14). The van der Waals surface area contributed by atoms with Gasteiger partial charge in [-0.25, -0.2) is 0 Å². The molecule has 1 aromatic rings. The zero-order valence-corrected chi connectivity index (χ0v) is 10.4. The van der Waals surface area contributed by atoms with Crippen molar-refractivity contribution in [1.82, 2.24) is 5.32 Å². The number of nitrogens with one attached hydrogen (secondary N) is 1. The Hall–Kier alpha value is -0.580. The molecule has 1 amide bonds. The summed E-state index contributed by atoms with van der Waals surface area (Å²) in [6.45, 7) is 2.75. The Balaban J connectivity index is 2.52. The topological polar surface area (TPSA) is 29.1 Å². The molecule has 0 radical (unpaired) electrons. The van der Waals surface area contributed by atoms with Crippen LogP contribution in [0, 0.1) is 6.92 Å². The van der Waals surface area contributed by atoms with Gasteiger partial charge in [-0.1, -0.05) is 40.3 Å². The van der Waals surface area contributed by atoms with Gasteiger partial charge in [-0.15, -0.1) is 0 Å². The van der Waals surface area contributed by atoms with E-state index in [1.165, 1.54) is 0 Å². The van der Waals surface area contributed by atoms with Crippen LogP contribution in [0.4, 0.5) is 0 Å². The van der Waals surface area contributed by atoms with E-state index in [9.17, 15) is 4.79 Å². The molecule has 0 aromatic heterocycles. The molecule has 0 bridgehead atoms. The largest absolute Gasteiger partial charge is 0.352 e. The Morgan fingerprint density at radius 3 is 2.93 bits per heavy atom. The molecule has 2 nitrogen and oxygen atoms in total. The summed E-state index contributed by atoms with van der Waals surface area (Å²) in [6.07, 6.45) is 1.03. The maximum atomic E-state index is 11.6. The van der Waals surface area contributed by atoms with E-state index in [-0.39, 0.29) is 5.91 Å². The predicted molar refractivity (Wildman–Crippen MR) is 67.0 cm³/mol. The highest BCUT2D eigenvalue weighted by Gasteiger charge is 2.03. The van der Waals surface area contributed by atoms with Crippen molar-refractivity contribution in [2.24, 2.45) is 0 Å². The fraction of sp³-hybridized carbons (Fsp3) is 0.364. The van der Waals surface area contributed by atoms with Crippen molar-refractivity contribution in [3.05, 3.63) is 35.4 Å². The summed E-state index contributed by atoms with van der Waals surface area (Å²) < 4.78 is 1.08. The van der Waals surface area contributed by atoms with Crippen LogP contribution in [0.15, 0.2) is 24.3 Å². The number of halogens is 1. The minimum absolute atomic E-state index is 0.0264. The molecule has 0 aliphatic heterocycles. The third-order valence-electron chi connectivity index (χ3n) is 1.88. The summed E-state index contributed by atoms with van der Waals surface area (Å²) in [5.74, 6) is 0.0264. The maximum absolute atomic E-state index is 11.6. The van der Waals surface area contributed by atoms with Gasteiger partial charge in [-0.2, -0.15) is 0 Å². The van der Waals surface area contributed by atoms with E-state index in [1.54, 1.807) is 0 Å². The van der Waals surface area contributed by atoms with Crippen molar-refractivity contribution in [2.75, 3.05) is 11.0 Å². The number of carbonyl (C=O) groups excluding carboxylic acids is 1. The van der Waals surface area contributed by atoms with E-state index in [1.807, 2.05) is 31.2 Å². The van der Waals surface area contributed by atoms with E-state index in [0.29, 0.717) is 0 Å². The summed E-state index contributed by atoms with van der Waals surface area (Å²) in [4.78, 5) is 11.6. The smallest absolute Gasteiger partial charge is 0.251 e.